The highest BCUT2D eigenvalue weighted by Gasteiger charge is 2.08. The summed E-state index contributed by atoms with van der Waals surface area (Å²) in [7, 11) is -4.20. The molecule has 70 valence electrons. The summed E-state index contributed by atoms with van der Waals surface area (Å²) in [5, 5.41) is 2.26. The van der Waals surface area contributed by atoms with E-state index in [1.165, 1.54) is 18.2 Å². The van der Waals surface area contributed by atoms with Crippen molar-refractivity contribution in [2.45, 2.75) is 4.90 Å². The molecule has 0 aliphatic rings. The molecule has 0 aliphatic heterocycles. The number of benzene rings is 1. The SMILES string of the molecule is O=CNc1cccc(S(=O)(=O)O)c1. The maximum Gasteiger partial charge on any atom is 0.294 e. The van der Waals surface area contributed by atoms with Crippen molar-refractivity contribution in [3.05, 3.63) is 24.3 Å². The first kappa shape index (κ1) is 9.69. The van der Waals surface area contributed by atoms with E-state index >= 15 is 0 Å². The van der Waals surface area contributed by atoms with Crippen molar-refractivity contribution in [1.82, 2.24) is 0 Å². The molecule has 2 N–H and O–H groups in total. The first-order valence-corrected chi connectivity index (χ1v) is 4.76. The van der Waals surface area contributed by atoms with Gasteiger partial charge in [0.2, 0.25) is 6.41 Å². The molecule has 1 amide bonds. The van der Waals surface area contributed by atoms with Gasteiger partial charge in [0.15, 0.2) is 0 Å². The molecule has 6 heteroatoms. The van der Waals surface area contributed by atoms with Crippen LogP contribution in [0, 0.1) is 0 Å². The molecule has 0 aliphatic carbocycles. The van der Waals surface area contributed by atoms with Crippen LogP contribution in [0.4, 0.5) is 5.69 Å². The van der Waals surface area contributed by atoms with E-state index < -0.39 is 10.1 Å². The zero-order chi connectivity index (χ0) is 9.90. The second-order valence-electron chi connectivity index (χ2n) is 2.27. The number of hydrogen-bond donors (Lipinski definition) is 2. The van der Waals surface area contributed by atoms with Gasteiger partial charge in [-0.15, -0.1) is 0 Å². The molecule has 0 saturated heterocycles. The first-order valence-electron chi connectivity index (χ1n) is 3.32. The Morgan fingerprint density at radius 2 is 2.08 bits per heavy atom. The molecule has 0 radical (unpaired) electrons. The van der Waals surface area contributed by atoms with E-state index in [2.05, 4.69) is 5.32 Å². The van der Waals surface area contributed by atoms with Crippen LogP contribution in [0.5, 0.6) is 0 Å². The predicted molar refractivity (Wildman–Crippen MR) is 45.9 cm³/mol. The average molecular weight is 201 g/mol. The topological polar surface area (TPSA) is 83.5 Å². The van der Waals surface area contributed by atoms with E-state index in [0.717, 1.165) is 6.07 Å². The van der Waals surface area contributed by atoms with Gasteiger partial charge in [0.25, 0.3) is 10.1 Å². The summed E-state index contributed by atoms with van der Waals surface area (Å²) in [6.07, 6.45) is 0.420. The Hall–Kier alpha value is -1.40. The van der Waals surface area contributed by atoms with Crippen LogP contribution in [0.25, 0.3) is 0 Å². The number of rotatable bonds is 3. The minimum absolute atomic E-state index is 0.251. The fraction of sp³-hybridized carbons (Fsp3) is 0. The molecule has 0 fully saturated rings. The lowest BCUT2D eigenvalue weighted by Gasteiger charge is -2.00. The fourth-order valence-corrected chi connectivity index (χ4v) is 1.34. The molecule has 1 aromatic rings. The van der Waals surface area contributed by atoms with Crippen LogP contribution >= 0.6 is 0 Å². The predicted octanol–water partition coefficient (Wildman–Crippen LogP) is 0.502. The second kappa shape index (κ2) is 3.55. The summed E-state index contributed by atoms with van der Waals surface area (Å²) in [5.41, 5.74) is 0.310. The van der Waals surface area contributed by atoms with E-state index in [-0.39, 0.29) is 4.90 Å². The van der Waals surface area contributed by atoms with Crippen molar-refractivity contribution in [2.75, 3.05) is 5.32 Å². The Morgan fingerprint density at radius 1 is 1.38 bits per heavy atom. The highest BCUT2D eigenvalue weighted by molar-refractivity contribution is 7.85. The van der Waals surface area contributed by atoms with E-state index in [1.807, 2.05) is 0 Å². The lowest BCUT2D eigenvalue weighted by atomic mass is 10.3. The third-order valence-electron chi connectivity index (χ3n) is 1.36. The molecule has 1 aromatic carbocycles. The van der Waals surface area contributed by atoms with Crippen molar-refractivity contribution in [1.29, 1.82) is 0 Å². The van der Waals surface area contributed by atoms with E-state index in [9.17, 15) is 13.2 Å². The number of hydrogen-bond acceptors (Lipinski definition) is 3. The van der Waals surface area contributed by atoms with Gasteiger partial charge in [-0.3, -0.25) is 9.35 Å². The van der Waals surface area contributed by atoms with Gasteiger partial charge in [0.1, 0.15) is 0 Å². The molecular weight excluding hydrogens is 194 g/mol. The van der Waals surface area contributed by atoms with E-state index in [1.54, 1.807) is 0 Å². The Balaban J connectivity index is 3.13. The standard InChI is InChI=1S/C7H7NO4S/c9-5-8-6-2-1-3-7(4-6)13(10,11)12/h1-5H,(H,8,9)(H,10,11,12). The zero-order valence-electron chi connectivity index (χ0n) is 6.47. The zero-order valence-corrected chi connectivity index (χ0v) is 7.28. The highest BCUT2D eigenvalue weighted by atomic mass is 32.2. The molecule has 0 bridgehead atoms. The van der Waals surface area contributed by atoms with Crippen molar-refractivity contribution in [3.8, 4) is 0 Å². The van der Waals surface area contributed by atoms with E-state index in [4.69, 9.17) is 4.55 Å². The van der Waals surface area contributed by atoms with Crippen LogP contribution in [0.2, 0.25) is 0 Å². The fourth-order valence-electron chi connectivity index (χ4n) is 0.814. The van der Waals surface area contributed by atoms with Crippen molar-refractivity contribution < 1.29 is 17.8 Å². The molecule has 0 aromatic heterocycles. The molecule has 5 nitrogen and oxygen atoms in total. The summed E-state index contributed by atoms with van der Waals surface area (Å²) in [5.74, 6) is 0. The van der Waals surface area contributed by atoms with Crippen LogP contribution in [-0.4, -0.2) is 19.4 Å². The van der Waals surface area contributed by atoms with Gasteiger partial charge in [0, 0.05) is 5.69 Å². The summed E-state index contributed by atoms with van der Waals surface area (Å²) in [4.78, 5) is 9.76. The molecule has 0 heterocycles. The van der Waals surface area contributed by atoms with Gasteiger partial charge < -0.3 is 5.32 Å². The number of anilines is 1. The minimum Gasteiger partial charge on any atom is -0.329 e. The Morgan fingerprint density at radius 3 is 2.62 bits per heavy atom. The molecule has 0 unspecified atom stereocenters. The number of carbonyl (C=O) groups excluding carboxylic acids is 1. The summed E-state index contributed by atoms with van der Waals surface area (Å²) in [6, 6.07) is 5.30. The van der Waals surface area contributed by atoms with Crippen LogP contribution in [0.15, 0.2) is 29.2 Å². The van der Waals surface area contributed by atoms with Gasteiger partial charge in [-0.2, -0.15) is 8.42 Å². The Bertz CT molecular complexity index is 412. The summed E-state index contributed by atoms with van der Waals surface area (Å²) in [6.45, 7) is 0. The molecule has 0 atom stereocenters. The molecule has 0 spiro atoms. The maximum atomic E-state index is 10.6. The Kier molecular flexibility index (Phi) is 2.64. The number of carbonyl (C=O) groups is 1. The van der Waals surface area contributed by atoms with Crippen LogP contribution in [0.3, 0.4) is 0 Å². The van der Waals surface area contributed by atoms with Gasteiger partial charge in [-0.1, -0.05) is 6.07 Å². The van der Waals surface area contributed by atoms with Gasteiger partial charge in [-0.05, 0) is 18.2 Å². The van der Waals surface area contributed by atoms with Gasteiger partial charge >= 0.3 is 0 Å². The second-order valence-corrected chi connectivity index (χ2v) is 3.69. The smallest absolute Gasteiger partial charge is 0.294 e. The largest absolute Gasteiger partial charge is 0.329 e. The minimum atomic E-state index is -4.20. The normalized spacial score (nSPS) is 10.8. The van der Waals surface area contributed by atoms with Gasteiger partial charge in [-0.25, -0.2) is 0 Å². The van der Waals surface area contributed by atoms with Crippen LogP contribution < -0.4 is 5.32 Å². The monoisotopic (exact) mass is 201 g/mol. The molecular formula is C7H7NO4S. The van der Waals surface area contributed by atoms with Crippen LogP contribution in [0.1, 0.15) is 0 Å². The maximum absolute atomic E-state index is 10.6. The lowest BCUT2D eigenvalue weighted by Crippen LogP contribution is -2.00. The Labute approximate surface area is 75.1 Å². The number of amides is 1. The first-order chi connectivity index (χ1) is 6.04. The molecule has 0 saturated carbocycles. The third kappa shape index (κ3) is 2.53. The lowest BCUT2D eigenvalue weighted by molar-refractivity contribution is -0.105. The summed E-state index contributed by atoms with van der Waals surface area (Å²) < 4.78 is 29.9. The molecule has 1 rings (SSSR count). The van der Waals surface area contributed by atoms with E-state index in [0.29, 0.717) is 12.1 Å². The molecule has 13 heavy (non-hydrogen) atoms. The highest BCUT2D eigenvalue weighted by Crippen LogP contribution is 2.13. The number of nitrogens with one attached hydrogen (secondary N) is 1. The quantitative estimate of drug-likeness (QED) is 0.551. The third-order valence-corrected chi connectivity index (χ3v) is 2.21. The van der Waals surface area contributed by atoms with Crippen molar-refractivity contribution in [2.24, 2.45) is 0 Å². The average Bonchev–Trinajstić information content (AvgIpc) is 2.04. The summed E-state index contributed by atoms with van der Waals surface area (Å²) >= 11 is 0. The van der Waals surface area contributed by atoms with Crippen LogP contribution in [-0.2, 0) is 14.9 Å². The van der Waals surface area contributed by atoms with Crippen molar-refractivity contribution >= 4 is 22.2 Å². The van der Waals surface area contributed by atoms with Crippen molar-refractivity contribution in [3.63, 3.8) is 0 Å². The van der Waals surface area contributed by atoms with Gasteiger partial charge in [0.05, 0.1) is 4.90 Å².